The molecule has 4 aromatic rings. The summed E-state index contributed by atoms with van der Waals surface area (Å²) in [6.07, 6.45) is 4.99. The molecule has 7 nitrogen and oxygen atoms in total. The van der Waals surface area contributed by atoms with Gasteiger partial charge in [0, 0.05) is 19.5 Å². The predicted octanol–water partition coefficient (Wildman–Crippen LogP) is 3.61. The first-order valence-corrected chi connectivity index (χ1v) is 9.48. The molecule has 0 fully saturated rings. The highest BCUT2D eigenvalue weighted by Gasteiger charge is 2.23. The van der Waals surface area contributed by atoms with E-state index in [-0.39, 0.29) is 6.04 Å². The van der Waals surface area contributed by atoms with E-state index in [2.05, 4.69) is 46.8 Å². The Morgan fingerprint density at radius 3 is 2.67 bits per heavy atom. The fraction of sp³-hybridized carbons (Fsp3) is 0.400. The van der Waals surface area contributed by atoms with Crippen LogP contribution in [-0.2, 0) is 13.5 Å². The van der Waals surface area contributed by atoms with Gasteiger partial charge >= 0.3 is 0 Å². The summed E-state index contributed by atoms with van der Waals surface area (Å²) in [7, 11) is 1.92. The van der Waals surface area contributed by atoms with E-state index < -0.39 is 0 Å². The van der Waals surface area contributed by atoms with Crippen LogP contribution in [0, 0.1) is 6.92 Å². The number of rotatable bonds is 6. The average molecular weight is 363 g/mol. The molecule has 0 N–H and O–H groups in total. The van der Waals surface area contributed by atoms with Gasteiger partial charge in [0.25, 0.3) is 0 Å². The molecule has 3 heterocycles. The predicted molar refractivity (Wildman–Crippen MR) is 105 cm³/mol. The number of aryl methyl sites for hydroxylation is 3. The maximum Gasteiger partial charge on any atom is 0.157 e. The monoisotopic (exact) mass is 363 g/mol. The molecule has 0 saturated heterocycles. The highest BCUT2D eigenvalue weighted by molar-refractivity contribution is 5.76. The van der Waals surface area contributed by atoms with Crippen LogP contribution in [-0.4, -0.2) is 34.1 Å². The van der Waals surface area contributed by atoms with E-state index in [1.54, 1.807) is 6.20 Å². The summed E-state index contributed by atoms with van der Waals surface area (Å²) in [5, 5.41) is 8.91. The highest BCUT2D eigenvalue weighted by Crippen LogP contribution is 2.27. The van der Waals surface area contributed by atoms with Crippen LogP contribution in [0.15, 0.2) is 36.5 Å². The third-order valence-electron chi connectivity index (χ3n) is 4.93. The van der Waals surface area contributed by atoms with Gasteiger partial charge in [-0.25, -0.2) is 9.97 Å². The van der Waals surface area contributed by atoms with E-state index in [0.717, 1.165) is 53.6 Å². The van der Waals surface area contributed by atoms with Gasteiger partial charge in [-0.3, -0.25) is 4.68 Å². The number of hydrogen-bond acceptors (Lipinski definition) is 4. The number of para-hydroxylation sites is 2. The first-order valence-electron chi connectivity index (χ1n) is 9.48. The maximum atomic E-state index is 4.90. The summed E-state index contributed by atoms with van der Waals surface area (Å²) in [5.41, 5.74) is 2.16. The molecule has 7 heteroatoms. The van der Waals surface area contributed by atoms with E-state index >= 15 is 0 Å². The molecule has 0 saturated carbocycles. The SMILES string of the molecule is CCCCc1nc2ccccc2n1C(C)c1nc(C)nn1-c1ccnn1C. The molecule has 1 aromatic carbocycles. The average Bonchev–Trinajstić information content (AvgIpc) is 3.35. The molecule has 0 bridgehead atoms. The normalized spacial score (nSPS) is 12.7. The van der Waals surface area contributed by atoms with Crippen molar-refractivity contribution in [3.63, 3.8) is 0 Å². The van der Waals surface area contributed by atoms with Crippen molar-refractivity contribution in [2.45, 2.75) is 46.1 Å². The second-order valence-corrected chi connectivity index (χ2v) is 6.91. The van der Waals surface area contributed by atoms with Gasteiger partial charge in [-0.05, 0) is 32.4 Å². The smallest absolute Gasteiger partial charge is 0.157 e. The highest BCUT2D eigenvalue weighted by atomic mass is 15.4. The largest absolute Gasteiger partial charge is 0.317 e. The van der Waals surface area contributed by atoms with Crippen LogP contribution in [0.2, 0.25) is 0 Å². The number of imidazole rings is 1. The molecule has 3 aromatic heterocycles. The molecule has 0 aliphatic carbocycles. The number of benzene rings is 1. The van der Waals surface area contributed by atoms with Crippen LogP contribution in [0.1, 0.15) is 50.2 Å². The van der Waals surface area contributed by atoms with Crippen molar-refractivity contribution in [2.24, 2.45) is 7.05 Å². The molecule has 0 aliphatic heterocycles. The van der Waals surface area contributed by atoms with Crippen molar-refractivity contribution < 1.29 is 0 Å². The van der Waals surface area contributed by atoms with Crippen LogP contribution in [0.25, 0.3) is 16.9 Å². The Hall–Kier alpha value is -2.96. The van der Waals surface area contributed by atoms with Crippen LogP contribution in [0.3, 0.4) is 0 Å². The van der Waals surface area contributed by atoms with Gasteiger partial charge in [0.05, 0.1) is 23.3 Å². The topological polar surface area (TPSA) is 66.3 Å². The van der Waals surface area contributed by atoms with E-state index in [4.69, 9.17) is 9.97 Å². The Morgan fingerprint density at radius 2 is 1.93 bits per heavy atom. The fourth-order valence-corrected chi connectivity index (χ4v) is 3.60. The van der Waals surface area contributed by atoms with E-state index in [1.807, 2.05) is 35.5 Å². The zero-order chi connectivity index (χ0) is 19.0. The Balaban J connectivity index is 1.87. The van der Waals surface area contributed by atoms with Crippen molar-refractivity contribution >= 4 is 11.0 Å². The Labute approximate surface area is 158 Å². The third-order valence-corrected chi connectivity index (χ3v) is 4.93. The van der Waals surface area contributed by atoms with Gasteiger partial charge in [-0.2, -0.15) is 9.78 Å². The lowest BCUT2D eigenvalue weighted by atomic mass is 10.2. The molecule has 27 heavy (non-hydrogen) atoms. The zero-order valence-corrected chi connectivity index (χ0v) is 16.3. The van der Waals surface area contributed by atoms with Crippen LogP contribution >= 0.6 is 0 Å². The van der Waals surface area contributed by atoms with Gasteiger partial charge in [0.1, 0.15) is 11.6 Å². The van der Waals surface area contributed by atoms with Crippen molar-refractivity contribution in [2.75, 3.05) is 0 Å². The molecule has 140 valence electrons. The quantitative estimate of drug-likeness (QED) is 0.525. The Morgan fingerprint density at radius 1 is 1.11 bits per heavy atom. The molecule has 0 aliphatic rings. The summed E-state index contributed by atoms with van der Waals surface area (Å²) in [6, 6.07) is 10.3. The molecule has 1 unspecified atom stereocenters. The molecule has 1 atom stereocenters. The molecule has 0 radical (unpaired) electrons. The second-order valence-electron chi connectivity index (χ2n) is 6.91. The molecule has 0 amide bonds. The standard InChI is InChI=1S/C20H25N7/c1-5-6-11-18-23-16-9-7-8-10-17(16)26(18)14(2)20-22-15(3)24-27(20)19-12-13-21-25(19)4/h7-10,12-14H,5-6,11H2,1-4H3. The maximum absolute atomic E-state index is 4.90. The van der Waals surface area contributed by atoms with Crippen molar-refractivity contribution in [3.8, 4) is 5.82 Å². The van der Waals surface area contributed by atoms with Gasteiger partial charge in [-0.1, -0.05) is 25.5 Å². The first-order chi connectivity index (χ1) is 13.1. The Bertz CT molecular complexity index is 1070. The number of fused-ring (bicyclic) bond motifs is 1. The molecule has 4 rings (SSSR count). The van der Waals surface area contributed by atoms with Crippen LogP contribution in [0.5, 0.6) is 0 Å². The van der Waals surface area contributed by atoms with Crippen LogP contribution < -0.4 is 0 Å². The van der Waals surface area contributed by atoms with E-state index in [9.17, 15) is 0 Å². The summed E-state index contributed by atoms with van der Waals surface area (Å²) in [5.74, 6) is 3.63. The van der Waals surface area contributed by atoms with Crippen molar-refractivity contribution in [3.05, 3.63) is 54.0 Å². The van der Waals surface area contributed by atoms with Crippen LogP contribution in [0.4, 0.5) is 0 Å². The summed E-state index contributed by atoms with van der Waals surface area (Å²) in [4.78, 5) is 9.66. The Kier molecular flexibility index (Phi) is 4.51. The van der Waals surface area contributed by atoms with Crippen molar-refractivity contribution in [1.29, 1.82) is 0 Å². The van der Waals surface area contributed by atoms with E-state index in [0.29, 0.717) is 0 Å². The number of nitrogens with zero attached hydrogens (tertiary/aromatic N) is 7. The minimum Gasteiger partial charge on any atom is -0.317 e. The van der Waals surface area contributed by atoms with Gasteiger partial charge in [-0.15, -0.1) is 5.10 Å². The lowest BCUT2D eigenvalue weighted by Crippen LogP contribution is -2.17. The fourth-order valence-electron chi connectivity index (χ4n) is 3.60. The second kappa shape index (κ2) is 6.98. The molecule has 0 spiro atoms. The summed E-state index contributed by atoms with van der Waals surface area (Å²) < 4.78 is 6.01. The molecular formula is C20H25N7. The third kappa shape index (κ3) is 3.03. The minimum absolute atomic E-state index is 0.000330. The van der Waals surface area contributed by atoms with Gasteiger partial charge in [0.15, 0.2) is 11.6 Å². The number of hydrogen-bond donors (Lipinski definition) is 0. The molecular weight excluding hydrogens is 338 g/mol. The van der Waals surface area contributed by atoms with Crippen molar-refractivity contribution in [1.82, 2.24) is 34.1 Å². The lowest BCUT2D eigenvalue weighted by Gasteiger charge is -2.18. The van der Waals surface area contributed by atoms with Gasteiger partial charge in [0.2, 0.25) is 0 Å². The number of aromatic nitrogens is 7. The van der Waals surface area contributed by atoms with Gasteiger partial charge < -0.3 is 4.57 Å². The number of unbranched alkanes of at least 4 members (excludes halogenated alkanes) is 1. The summed E-state index contributed by atoms with van der Waals surface area (Å²) in [6.45, 7) is 6.30. The zero-order valence-electron chi connectivity index (χ0n) is 16.3. The van der Waals surface area contributed by atoms with E-state index in [1.165, 1.54) is 0 Å². The first kappa shape index (κ1) is 17.5. The minimum atomic E-state index is 0.000330. The lowest BCUT2D eigenvalue weighted by molar-refractivity contribution is 0.550. The summed E-state index contributed by atoms with van der Waals surface area (Å²) >= 11 is 0.